The first-order valence-corrected chi connectivity index (χ1v) is 11.8. The average Bonchev–Trinajstić information content (AvgIpc) is 2.95. The Hall–Kier alpha value is -2.71. The predicted molar refractivity (Wildman–Crippen MR) is 134 cm³/mol. The molecule has 0 aliphatic carbocycles. The van der Waals surface area contributed by atoms with Crippen LogP contribution in [0.25, 0.3) is 0 Å². The van der Waals surface area contributed by atoms with Crippen LogP contribution in [-0.2, 0) is 18.3 Å². The number of nitrogens with one attached hydrogen (secondary N) is 2. The lowest BCUT2D eigenvalue weighted by Crippen LogP contribution is -2.55. The van der Waals surface area contributed by atoms with E-state index in [1.54, 1.807) is 19.1 Å². The Bertz CT molecular complexity index is 1070. The number of piperazine rings is 1. The normalized spacial score (nSPS) is 15.4. The molecule has 186 valence electrons. The van der Waals surface area contributed by atoms with Crippen LogP contribution in [0.2, 0.25) is 0 Å². The number of amides is 2. The van der Waals surface area contributed by atoms with Gasteiger partial charge in [-0.15, -0.1) is 0 Å². The molecular weight excluding hydrogens is 433 g/mol. The van der Waals surface area contributed by atoms with Crippen molar-refractivity contribution < 1.29 is 14.0 Å². The Morgan fingerprint density at radius 1 is 1.06 bits per heavy atom. The Kier molecular flexibility index (Phi) is 7.83. The van der Waals surface area contributed by atoms with Gasteiger partial charge in [0, 0.05) is 62.4 Å². The number of aromatic nitrogens is 1. The fraction of sp³-hybridized carbons (Fsp3) is 0.538. The van der Waals surface area contributed by atoms with Gasteiger partial charge < -0.3 is 20.1 Å². The van der Waals surface area contributed by atoms with E-state index in [1.165, 1.54) is 6.07 Å². The van der Waals surface area contributed by atoms with Gasteiger partial charge in [0.2, 0.25) is 5.91 Å². The highest BCUT2D eigenvalue weighted by atomic mass is 19.1. The van der Waals surface area contributed by atoms with Gasteiger partial charge in [0.15, 0.2) is 0 Å². The molecule has 0 unspecified atom stereocenters. The van der Waals surface area contributed by atoms with E-state index in [-0.39, 0.29) is 29.6 Å². The number of likely N-dealkylation sites (N-methyl/N-ethyl adjacent to an activating group) is 1. The number of carbonyl (C=O) groups excluding carboxylic acids is 2. The minimum absolute atomic E-state index is 0.0658. The molecule has 1 aromatic carbocycles. The molecule has 0 atom stereocenters. The molecule has 1 aliphatic heterocycles. The molecule has 1 aliphatic rings. The fourth-order valence-corrected chi connectivity index (χ4v) is 4.72. The summed E-state index contributed by atoms with van der Waals surface area (Å²) in [6.07, 6.45) is 0.193. The minimum atomic E-state index is -0.359. The van der Waals surface area contributed by atoms with Crippen molar-refractivity contribution in [3.05, 3.63) is 52.1 Å². The number of halogens is 1. The molecule has 0 spiro atoms. The minimum Gasteiger partial charge on any atom is -0.350 e. The van der Waals surface area contributed by atoms with Gasteiger partial charge in [-0.2, -0.15) is 0 Å². The number of hydrogen-bond donors (Lipinski definition) is 2. The summed E-state index contributed by atoms with van der Waals surface area (Å²) < 4.78 is 15.5. The van der Waals surface area contributed by atoms with E-state index in [0.29, 0.717) is 16.8 Å². The summed E-state index contributed by atoms with van der Waals surface area (Å²) >= 11 is 0. The zero-order valence-corrected chi connectivity index (χ0v) is 21.5. The van der Waals surface area contributed by atoms with Crippen molar-refractivity contribution in [2.45, 2.75) is 46.6 Å². The zero-order chi connectivity index (χ0) is 25.2. The van der Waals surface area contributed by atoms with Gasteiger partial charge in [0.25, 0.3) is 5.91 Å². The molecule has 2 aromatic rings. The molecule has 0 saturated carbocycles. The summed E-state index contributed by atoms with van der Waals surface area (Å²) in [6, 6.07) is 4.50. The Morgan fingerprint density at radius 3 is 2.32 bits per heavy atom. The van der Waals surface area contributed by atoms with E-state index in [2.05, 4.69) is 41.3 Å². The number of hydrogen-bond acceptors (Lipinski definition) is 4. The molecule has 7 nitrogen and oxygen atoms in total. The molecule has 0 radical (unpaired) electrons. The molecule has 1 aromatic heterocycles. The SMILES string of the molecule is Cc1cc(NC(=O)c2c(C)c(CC(=O)NC(C)(C)CN3CCN(C)CC3)n(C)c2C)ccc1F. The number of benzene rings is 1. The van der Waals surface area contributed by atoms with Crippen LogP contribution in [0.4, 0.5) is 10.1 Å². The lowest BCUT2D eigenvalue weighted by atomic mass is 10.0. The predicted octanol–water partition coefficient (Wildman–Crippen LogP) is 3.03. The fourth-order valence-electron chi connectivity index (χ4n) is 4.72. The summed E-state index contributed by atoms with van der Waals surface area (Å²) in [6.45, 7) is 14.4. The lowest BCUT2D eigenvalue weighted by molar-refractivity contribution is -0.122. The van der Waals surface area contributed by atoms with Crippen molar-refractivity contribution in [3.8, 4) is 0 Å². The second-order valence-electron chi connectivity index (χ2n) is 10.2. The maximum Gasteiger partial charge on any atom is 0.257 e. The quantitative estimate of drug-likeness (QED) is 0.651. The third kappa shape index (κ3) is 6.04. The van der Waals surface area contributed by atoms with Crippen molar-refractivity contribution in [2.24, 2.45) is 7.05 Å². The smallest absolute Gasteiger partial charge is 0.257 e. The van der Waals surface area contributed by atoms with E-state index in [4.69, 9.17) is 0 Å². The highest BCUT2D eigenvalue weighted by Crippen LogP contribution is 2.24. The Balaban J connectivity index is 1.69. The van der Waals surface area contributed by atoms with E-state index in [0.717, 1.165) is 49.7 Å². The van der Waals surface area contributed by atoms with Crippen molar-refractivity contribution in [3.63, 3.8) is 0 Å². The first-order chi connectivity index (χ1) is 15.9. The third-order valence-corrected chi connectivity index (χ3v) is 6.74. The second kappa shape index (κ2) is 10.3. The summed E-state index contributed by atoms with van der Waals surface area (Å²) in [5.74, 6) is -0.642. The molecule has 1 fully saturated rings. The number of aryl methyl sites for hydroxylation is 1. The van der Waals surface area contributed by atoms with Gasteiger partial charge in [-0.3, -0.25) is 14.5 Å². The number of carbonyl (C=O) groups is 2. The van der Waals surface area contributed by atoms with Crippen LogP contribution in [0.5, 0.6) is 0 Å². The van der Waals surface area contributed by atoms with Crippen molar-refractivity contribution >= 4 is 17.5 Å². The molecule has 1 saturated heterocycles. The van der Waals surface area contributed by atoms with Gasteiger partial charge in [-0.05, 0) is 71.0 Å². The maximum atomic E-state index is 13.6. The van der Waals surface area contributed by atoms with Crippen LogP contribution in [0.15, 0.2) is 18.2 Å². The van der Waals surface area contributed by atoms with E-state index < -0.39 is 0 Å². The van der Waals surface area contributed by atoms with Crippen LogP contribution in [0, 0.1) is 26.6 Å². The standard InChI is InChI=1S/C26H38FN5O2/c1-17-14-20(8-9-21(17)27)28-25(34)24-18(2)22(31(7)19(24)3)15-23(33)29-26(4,5)16-32-12-10-30(6)11-13-32/h8-9,14H,10-13,15-16H2,1-7H3,(H,28,34)(H,29,33). The summed E-state index contributed by atoms with van der Waals surface area (Å²) in [7, 11) is 4.00. The highest BCUT2D eigenvalue weighted by Gasteiger charge is 2.28. The Morgan fingerprint density at radius 2 is 1.71 bits per heavy atom. The highest BCUT2D eigenvalue weighted by molar-refractivity contribution is 6.06. The van der Waals surface area contributed by atoms with Gasteiger partial charge in [0.05, 0.1) is 12.0 Å². The maximum absolute atomic E-state index is 13.6. The molecule has 8 heteroatoms. The third-order valence-electron chi connectivity index (χ3n) is 6.74. The largest absolute Gasteiger partial charge is 0.350 e. The van der Waals surface area contributed by atoms with Crippen LogP contribution in [0.1, 0.15) is 46.7 Å². The van der Waals surface area contributed by atoms with Crippen LogP contribution < -0.4 is 10.6 Å². The van der Waals surface area contributed by atoms with Crippen LogP contribution >= 0.6 is 0 Å². The lowest BCUT2D eigenvalue weighted by Gasteiger charge is -2.38. The van der Waals surface area contributed by atoms with Crippen molar-refractivity contribution in [2.75, 3.05) is 45.1 Å². The van der Waals surface area contributed by atoms with Gasteiger partial charge in [-0.1, -0.05) is 0 Å². The number of anilines is 1. The van der Waals surface area contributed by atoms with Gasteiger partial charge >= 0.3 is 0 Å². The molecule has 0 bridgehead atoms. The summed E-state index contributed by atoms with van der Waals surface area (Å²) in [5, 5.41) is 6.04. The number of nitrogens with zero attached hydrogens (tertiary/aromatic N) is 3. The molecule has 2 amide bonds. The molecule has 34 heavy (non-hydrogen) atoms. The number of rotatable bonds is 7. The van der Waals surface area contributed by atoms with Crippen molar-refractivity contribution in [1.82, 2.24) is 19.7 Å². The summed E-state index contributed by atoms with van der Waals surface area (Å²) in [5.41, 5.74) is 3.57. The van der Waals surface area contributed by atoms with Gasteiger partial charge in [0.1, 0.15) is 5.82 Å². The Labute approximate surface area is 202 Å². The average molecular weight is 472 g/mol. The second-order valence-corrected chi connectivity index (χ2v) is 10.2. The topological polar surface area (TPSA) is 69.6 Å². The molecule has 3 rings (SSSR count). The summed E-state index contributed by atoms with van der Waals surface area (Å²) in [4.78, 5) is 30.7. The van der Waals surface area contributed by atoms with Crippen LogP contribution in [-0.4, -0.2) is 71.5 Å². The molecular formula is C26H38FN5O2. The molecule has 2 N–H and O–H groups in total. The van der Waals surface area contributed by atoms with E-state index >= 15 is 0 Å². The monoisotopic (exact) mass is 471 g/mol. The van der Waals surface area contributed by atoms with Crippen LogP contribution in [0.3, 0.4) is 0 Å². The van der Waals surface area contributed by atoms with Gasteiger partial charge in [-0.25, -0.2) is 4.39 Å². The van der Waals surface area contributed by atoms with E-state index in [1.807, 2.05) is 25.5 Å². The molecule has 2 heterocycles. The van der Waals surface area contributed by atoms with Crippen molar-refractivity contribution in [1.29, 1.82) is 0 Å². The zero-order valence-electron chi connectivity index (χ0n) is 21.5. The first kappa shape index (κ1) is 25.9. The first-order valence-electron chi connectivity index (χ1n) is 11.8. The van der Waals surface area contributed by atoms with E-state index in [9.17, 15) is 14.0 Å².